The summed E-state index contributed by atoms with van der Waals surface area (Å²) in [5.41, 5.74) is 1.66. The molecule has 0 unspecified atom stereocenters. The van der Waals surface area contributed by atoms with E-state index >= 15 is 0 Å². The van der Waals surface area contributed by atoms with Crippen molar-refractivity contribution in [1.29, 1.82) is 0 Å². The van der Waals surface area contributed by atoms with Gasteiger partial charge in [0.2, 0.25) is 0 Å². The summed E-state index contributed by atoms with van der Waals surface area (Å²) in [7, 11) is 0. The smallest absolute Gasteiger partial charge is 0.293 e. The fraction of sp³-hybridized carbons (Fsp3) is 0.136. The van der Waals surface area contributed by atoms with Crippen LogP contribution < -0.4 is 10.1 Å². The van der Waals surface area contributed by atoms with Gasteiger partial charge in [-0.05, 0) is 48.7 Å². The molecule has 3 rings (SSSR count). The van der Waals surface area contributed by atoms with E-state index in [-0.39, 0.29) is 23.7 Å². The SMILES string of the molecule is C=CCc1ccccc1OCc1ccc(C(=O)Nc2ccc(C)cc2[N+](=O)[O-])o1. The number of ether oxygens (including phenoxy) is 1. The summed E-state index contributed by atoms with van der Waals surface area (Å²) in [5.74, 6) is 0.639. The van der Waals surface area contributed by atoms with Crippen molar-refractivity contribution in [2.45, 2.75) is 20.0 Å². The van der Waals surface area contributed by atoms with Crippen LogP contribution in [0.2, 0.25) is 0 Å². The molecule has 1 heterocycles. The molecule has 0 spiro atoms. The van der Waals surface area contributed by atoms with Crippen LogP contribution in [0.1, 0.15) is 27.4 Å². The predicted molar refractivity (Wildman–Crippen MR) is 109 cm³/mol. The number of hydrogen-bond acceptors (Lipinski definition) is 5. The molecule has 1 amide bonds. The lowest BCUT2D eigenvalue weighted by molar-refractivity contribution is -0.384. The lowest BCUT2D eigenvalue weighted by Gasteiger charge is -2.09. The van der Waals surface area contributed by atoms with Crippen LogP contribution >= 0.6 is 0 Å². The highest BCUT2D eigenvalue weighted by Gasteiger charge is 2.19. The van der Waals surface area contributed by atoms with Gasteiger partial charge < -0.3 is 14.5 Å². The zero-order chi connectivity index (χ0) is 20.8. The van der Waals surface area contributed by atoms with E-state index in [0.29, 0.717) is 17.9 Å². The normalized spacial score (nSPS) is 10.4. The zero-order valence-corrected chi connectivity index (χ0v) is 15.9. The van der Waals surface area contributed by atoms with E-state index < -0.39 is 10.8 Å². The van der Waals surface area contributed by atoms with E-state index in [2.05, 4.69) is 11.9 Å². The van der Waals surface area contributed by atoms with Crippen LogP contribution in [0.4, 0.5) is 11.4 Å². The van der Waals surface area contributed by atoms with Gasteiger partial charge in [0, 0.05) is 6.07 Å². The Balaban J connectivity index is 1.68. The quantitative estimate of drug-likeness (QED) is 0.329. The lowest BCUT2D eigenvalue weighted by atomic mass is 10.1. The Bertz CT molecular complexity index is 1050. The molecule has 0 saturated heterocycles. The van der Waals surface area contributed by atoms with E-state index in [9.17, 15) is 14.9 Å². The lowest BCUT2D eigenvalue weighted by Crippen LogP contribution is -2.12. The van der Waals surface area contributed by atoms with Gasteiger partial charge in [-0.15, -0.1) is 6.58 Å². The molecule has 148 valence electrons. The molecule has 0 saturated carbocycles. The van der Waals surface area contributed by atoms with Crippen LogP contribution in [-0.2, 0) is 13.0 Å². The van der Waals surface area contributed by atoms with E-state index in [1.165, 1.54) is 18.2 Å². The maximum Gasteiger partial charge on any atom is 0.293 e. The molecule has 3 aromatic rings. The van der Waals surface area contributed by atoms with Crippen LogP contribution in [0.15, 0.2) is 71.7 Å². The third-order valence-electron chi connectivity index (χ3n) is 4.19. The van der Waals surface area contributed by atoms with Gasteiger partial charge in [-0.2, -0.15) is 0 Å². The maximum atomic E-state index is 12.4. The Morgan fingerprint density at radius 3 is 2.79 bits per heavy atom. The number of nitro groups is 1. The molecular weight excluding hydrogens is 372 g/mol. The van der Waals surface area contributed by atoms with Crippen molar-refractivity contribution in [3.05, 3.63) is 100 Å². The second-order valence-electron chi connectivity index (χ2n) is 6.39. The standard InChI is InChI=1S/C22H20N2O5/c1-3-6-16-7-4-5-8-20(16)28-14-17-10-12-21(29-17)22(25)23-18-11-9-15(2)13-19(18)24(26)27/h3-5,7-13H,1,6,14H2,2H3,(H,23,25). The average molecular weight is 392 g/mol. The van der Waals surface area contributed by atoms with Crippen molar-refractivity contribution in [3.63, 3.8) is 0 Å². The number of nitrogens with zero attached hydrogens (tertiary/aromatic N) is 1. The average Bonchev–Trinajstić information content (AvgIpc) is 3.18. The van der Waals surface area contributed by atoms with E-state index in [1.807, 2.05) is 24.3 Å². The number of rotatable bonds is 8. The molecule has 0 radical (unpaired) electrons. The second-order valence-corrected chi connectivity index (χ2v) is 6.39. The molecule has 0 atom stereocenters. The number of aryl methyl sites for hydroxylation is 1. The fourth-order valence-electron chi connectivity index (χ4n) is 2.78. The predicted octanol–water partition coefficient (Wildman–Crippen LogP) is 5.06. The molecule has 2 aromatic carbocycles. The van der Waals surface area contributed by atoms with Crippen LogP contribution in [0.5, 0.6) is 5.75 Å². The minimum Gasteiger partial charge on any atom is -0.485 e. The summed E-state index contributed by atoms with van der Waals surface area (Å²) in [4.78, 5) is 23.1. The summed E-state index contributed by atoms with van der Waals surface area (Å²) >= 11 is 0. The summed E-state index contributed by atoms with van der Waals surface area (Å²) in [6.45, 7) is 5.62. The molecule has 7 nitrogen and oxygen atoms in total. The molecule has 7 heteroatoms. The van der Waals surface area contributed by atoms with Crippen LogP contribution in [-0.4, -0.2) is 10.8 Å². The Labute approximate surface area is 167 Å². The van der Waals surface area contributed by atoms with Gasteiger partial charge in [-0.1, -0.05) is 30.3 Å². The molecule has 0 aliphatic carbocycles. The first-order valence-corrected chi connectivity index (χ1v) is 8.94. The van der Waals surface area contributed by atoms with Gasteiger partial charge in [0.25, 0.3) is 11.6 Å². The summed E-state index contributed by atoms with van der Waals surface area (Å²) in [6.07, 6.45) is 2.47. The number of nitrogens with one attached hydrogen (secondary N) is 1. The Hall–Kier alpha value is -3.87. The van der Waals surface area contributed by atoms with Crippen molar-refractivity contribution >= 4 is 17.3 Å². The number of allylic oxidation sites excluding steroid dienone is 1. The van der Waals surface area contributed by atoms with Gasteiger partial charge in [0.15, 0.2) is 5.76 Å². The van der Waals surface area contributed by atoms with Gasteiger partial charge in [-0.25, -0.2) is 0 Å². The minimum absolute atomic E-state index is 0.0397. The van der Waals surface area contributed by atoms with Crippen LogP contribution in [0.25, 0.3) is 0 Å². The number of hydrogen-bond donors (Lipinski definition) is 1. The van der Waals surface area contributed by atoms with E-state index in [1.54, 1.807) is 25.1 Å². The Kier molecular flexibility index (Phi) is 6.09. The minimum atomic E-state index is -0.574. The number of carbonyl (C=O) groups is 1. The topological polar surface area (TPSA) is 94.6 Å². The fourth-order valence-corrected chi connectivity index (χ4v) is 2.78. The Morgan fingerprint density at radius 2 is 2.03 bits per heavy atom. The van der Waals surface area contributed by atoms with E-state index in [4.69, 9.17) is 9.15 Å². The molecule has 0 fully saturated rings. The van der Waals surface area contributed by atoms with Crippen LogP contribution in [0.3, 0.4) is 0 Å². The summed E-state index contributed by atoms with van der Waals surface area (Å²) < 4.78 is 11.3. The molecular formula is C22H20N2O5. The first-order valence-electron chi connectivity index (χ1n) is 8.94. The van der Waals surface area contributed by atoms with Crippen molar-refractivity contribution < 1.29 is 18.9 Å². The summed E-state index contributed by atoms with van der Waals surface area (Å²) in [5, 5.41) is 13.7. The number of amides is 1. The van der Waals surface area contributed by atoms with Gasteiger partial charge in [0.05, 0.1) is 4.92 Å². The highest BCUT2D eigenvalue weighted by Crippen LogP contribution is 2.26. The Morgan fingerprint density at radius 1 is 1.24 bits per heavy atom. The number of benzene rings is 2. The summed E-state index contributed by atoms with van der Waals surface area (Å²) in [6, 6.07) is 15.3. The first kappa shape index (κ1) is 19.9. The third-order valence-corrected chi connectivity index (χ3v) is 4.19. The van der Waals surface area contributed by atoms with Gasteiger partial charge >= 0.3 is 0 Å². The number of anilines is 1. The number of nitro benzene ring substituents is 1. The highest BCUT2D eigenvalue weighted by molar-refractivity contribution is 6.03. The maximum absolute atomic E-state index is 12.4. The molecule has 1 aromatic heterocycles. The van der Waals surface area contributed by atoms with Crippen molar-refractivity contribution in [1.82, 2.24) is 0 Å². The molecule has 0 aliphatic rings. The molecule has 29 heavy (non-hydrogen) atoms. The highest BCUT2D eigenvalue weighted by atomic mass is 16.6. The zero-order valence-electron chi connectivity index (χ0n) is 15.9. The van der Waals surface area contributed by atoms with Gasteiger partial charge in [-0.3, -0.25) is 14.9 Å². The monoisotopic (exact) mass is 392 g/mol. The van der Waals surface area contributed by atoms with E-state index in [0.717, 1.165) is 11.1 Å². The third kappa shape index (κ3) is 4.90. The van der Waals surface area contributed by atoms with Crippen molar-refractivity contribution in [2.24, 2.45) is 0 Å². The van der Waals surface area contributed by atoms with Gasteiger partial charge in [0.1, 0.15) is 23.8 Å². The largest absolute Gasteiger partial charge is 0.485 e. The molecule has 0 bridgehead atoms. The number of para-hydroxylation sites is 1. The first-order chi connectivity index (χ1) is 14.0. The molecule has 1 N–H and O–H groups in total. The second kappa shape index (κ2) is 8.88. The number of furan rings is 1. The molecule has 0 aliphatic heterocycles. The van der Waals surface area contributed by atoms with Crippen molar-refractivity contribution in [3.8, 4) is 5.75 Å². The van der Waals surface area contributed by atoms with Crippen molar-refractivity contribution in [2.75, 3.05) is 5.32 Å². The van der Waals surface area contributed by atoms with Crippen LogP contribution in [0, 0.1) is 17.0 Å². The number of carbonyl (C=O) groups excluding carboxylic acids is 1.